The molecule has 0 unspecified atom stereocenters. The first-order valence-electron chi connectivity index (χ1n) is 13.5. The number of nitrogens with two attached hydrogens (primary N) is 1. The number of nitrogen functional groups attached to an aromatic ring is 1. The van der Waals surface area contributed by atoms with Gasteiger partial charge in [0.05, 0.1) is 19.3 Å². The van der Waals surface area contributed by atoms with Crippen molar-refractivity contribution >= 4 is 22.9 Å². The highest BCUT2D eigenvalue weighted by atomic mass is 16.5. The predicted octanol–water partition coefficient (Wildman–Crippen LogP) is 3.73. The zero-order chi connectivity index (χ0) is 27.2. The molecule has 4 aromatic rings. The van der Waals surface area contributed by atoms with E-state index in [2.05, 4.69) is 75.7 Å². The third-order valence-corrected chi connectivity index (χ3v) is 6.92. The number of anilines is 2. The number of nitrogens with one attached hydrogen (secondary N) is 1. The summed E-state index contributed by atoms with van der Waals surface area (Å²) in [6.45, 7) is 2.37. The first-order valence-corrected chi connectivity index (χ1v) is 13.5. The normalized spacial score (nSPS) is 17.2. The zero-order valence-corrected chi connectivity index (χ0v) is 22.6. The van der Waals surface area contributed by atoms with Gasteiger partial charge in [0, 0.05) is 13.1 Å². The molecular weight excluding hydrogens is 494 g/mol. The van der Waals surface area contributed by atoms with Gasteiger partial charge < -0.3 is 30.5 Å². The number of rotatable bonds is 12. The van der Waals surface area contributed by atoms with Crippen LogP contribution in [0.2, 0.25) is 0 Å². The molecular formula is C29H37N7O3. The third kappa shape index (κ3) is 6.47. The van der Waals surface area contributed by atoms with Crippen molar-refractivity contribution in [3.63, 3.8) is 0 Å². The van der Waals surface area contributed by atoms with E-state index in [9.17, 15) is 5.11 Å². The molecule has 1 saturated heterocycles. The lowest BCUT2D eigenvalue weighted by Gasteiger charge is -2.17. The Kier molecular flexibility index (Phi) is 8.55. The molecule has 0 radical (unpaired) electrons. The molecule has 0 saturated carbocycles. The Morgan fingerprint density at radius 2 is 1.97 bits per heavy atom. The number of aliphatic hydroxyl groups is 1. The van der Waals surface area contributed by atoms with Gasteiger partial charge in [-0.25, -0.2) is 15.0 Å². The summed E-state index contributed by atoms with van der Waals surface area (Å²) < 4.78 is 13.9. The SMILES string of the molecule is CN(C)CCCOc1cccc(-c2ccc(CCNc3nc4c(N)ncnc4n3[C@H]3CC[C@@H](CO)O3)cc2)c1. The Balaban J connectivity index is 1.22. The molecule has 2 aromatic carbocycles. The van der Waals surface area contributed by atoms with Crippen LogP contribution in [0.5, 0.6) is 5.75 Å². The molecule has 0 aliphatic carbocycles. The van der Waals surface area contributed by atoms with E-state index < -0.39 is 0 Å². The van der Waals surface area contributed by atoms with E-state index in [1.165, 1.54) is 11.9 Å². The molecule has 39 heavy (non-hydrogen) atoms. The molecule has 0 bridgehead atoms. The second-order valence-corrected chi connectivity index (χ2v) is 10.1. The van der Waals surface area contributed by atoms with Crippen LogP contribution in [0.3, 0.4) is 0 Å². The summed E-state index contributed by atoms with van der Waals surface area (Å²) in [5.41, 5.74) is 10.7. The second kappa shape index (κ2) is 12.4. The van der Waals surface area contributed by atoms with Gasteiger partial charge >= 0.3 is 0 Å². The Morgan fingerprint density at radius 1 is 1.13 bits per heavy atom. The Labute approximate surface area is 228 Å². The molecule has 1 fully saturated rings. The highest BCUT2D eigenvalue weighted by Crippen LogP contribution is 2.34. The van der Waals surface area contributed by atoms with Gasteiger partial charge in [-0.1, -0.05) is 36.4 Å². The van der Waals surface area contributed by atoms with Crippen LogP contribution in [0.4, 0.5) is 11.8 Å². The van der Waals surface area contributed by atoms with Crippen molar-refractivity contribution in [2.45, 2.75) is 38.0 Å². The molecule has 2 atom stereocenters. The summed E-state index contributed by atoms with van der Waals surface area (Å²) in [5.74, 6) is 1.86. The summed E-state index contributed by atoms with van der Waals surface area (Å²) in [7, 11) is 4.14. The molecule has 1 aliphatic rings. The van der Waals surface area contributed by atoms with Gasteiger partial charge in [-0.05, 0) is 68.6 Å². The summed E-state index contributed by atoms with van der Waals surface area (Å²) >= 11 is 0. The second-order valence-electron chi connectivity index (χ2n) is 10.1. The molecule has 3 heterocycles. The monoisotopic (exact) mass is 531 g/mol. The summed E-state index contributed by atoms with van der Waals surface area (Å²) in [6.07, 6.45) is 4.33. The highest BCUT2D eigenvalue weighted by Gasteiger charge is 2.30. The molecule has 1 aliphatic heterocycles. The van der Waals surface area contributed by atoms with Gasteiger partial charge in [0.1, 0.15) is 18.3 Å². The van der Waals surface area contributed by atoms with E-state index in [0.717, 1.165) is 49.1 Å². The fraction of sp³-hybridized carbons (Fsp3) is 0.414. The molecule has 2 aromatic heterocycles. The van der Waals surface area contributed by atoms with Crippen molar-refractivity contribution in [2.24, 2.45) is 0 Å². The van der Waals surface area contributed by atoms with Crippen molar-refractivity contribution in [3.05, 3.63) is 60.4 Å². The van der Waals surface area contributed by atoms with Gasteiger partial charge in [-0.3, -0.25) is 4.57 Å². The number of imidazole rings is 1. The number of nitrogens with zero attached hydrogens (tertiary/aromatic N) is 5. The number of hydrogen-bond donors (Lipinski definition) is 3. The number of aromatic nitrogens is 4. The predicted molar refractivity (Wildman–Crippen MR) is 153 cm³/mol. The van der Waals surface area contributed by atoms with Crippen LogP contribution in [-0.2, 0) is 11.2 Å². The van der Waals surface area contributed by atoms with Gasteiger partial charge in [-0.2, -0.15) is 0 Å². The molecule has 0 spiro atoms. The molecule has 0 amide bonds. The Hall–Kier alpha value is -3.73. The summed E-state index contributed by atoms with van der Waals surface area (Å²) in [5, 5.41) is 13.0. The maximum atomic E-state index is 9.52. The van der Waals surface area contributed by atoms with Crippen LogP contribution in [0.15, 0.2) is 54.9 Å². The number of hydrogen-bond acceptors (Lipinski definition) is 9. The van der Waals surface area contributed by atoms with E-state index in [1.807, 2.05) is 16.7 Å². The lowest BCUT2D eigenvalue weighted by molar-refractivity contribution is -0.0197. The fourth-order valence-corrected chi connectivity index (χ4v) is 4.85. The van der Waals surface area contributed by atoms with Crippen LogP contribution < -0.4 is 15.8 Å². The number of benzene rings is 2. The topological polar surface area (TPSA) is 124 Å². The minimum Gasteiger partial charge on any atom is -0.494 e. The third-order valence-electron chi connectivity index (χ3n) is 6.92. The minimum atomic E-state index is -0.268. The van der Waals surface area contributed by atoms with Crippen molar-refractivity contribution < 1.29 is 14.6 Å². The molecule has 206 valence electrons. The van der Waals surface area contributed by atoms with Crippen LogP contribution in [0.25, 0.3) is 22.3 Å². The van der Waals surface area contributed by atoms with Gasteiger partial charge in [-0.15, -0.1) is 0 Å². The summed E-state index contributed by atoms with van der Waals surface area (Å²) in [4.78, 5) is 15.3. The lowest BCUT2D eigenvalue weighted by Crippen LogP contribution is -2.17. The molecule has 4 N–H and O–H groups in total. The Bertz CT molecular complexity index is 1370. The maximum absolute atomic E-state index is 9.52. The van der Waals surface area contributed by atoms with Crippen molar-refractivity contribution in [3.8, 4) is 16.9 Å². The smallest absolute Gasteiger partial charge is 0.207 e. The van der Waals surface area contributed by atoms with Crippen LogP contribution in [-0.4, -0.2) is 76.0 Å². The average molecular weight is 532 g/mol. The standard InChI is InChI=1S/C29H37N7O3/c1-35(2)15-4-16-38-23-6-3-5-22(17-23)21-9-7-20(8-10-21)13-14-31-29-34-26-27(30)32-19-33-28(26)36(29)25-12-11-24(18-37)39-25/h3,5-10,17,19,24-25,37H,4,11-16,18H2,1-2H3,(H,31,34)(H2,30,32,33)/t24-,25+/m0/s1. The van der Waals surface area contributed by atoms with Crippen molar-refractivity contribution in [1.29, 1.82) is 0 Å². The molecule has 10 nitrogen and oxygen atoms in total. The van der Waals surface area contributed by atoms with E-state index in [-0.39, 0.29) is 18.9 Å². The fourth-order valence-electron chi connectivity index (χ4n) is 4.85. The quantitative estimate of drug-likeness (QED) is 0.235. The van der Waals surface area contributed by atoms with Crippen molar-refractivity contribution in [1.82, 2.24) is 24.4 Å². The van der Waals surface area contributed by atoms with Crippen LogP contribution in [0, 0.1) is 0 Å². The van der Waals surface area contributed by atoms with Crippen LogP contribution in [0.1, 0.15) is 31.1 Å². The van der Waals surface area contributed by atoms with Gasteiger partial charge in [0.25, 0.3) is 0 Å². The van der Waals surface area contributed by atoms with Gasteiger partial charge in [0.2, 0.25) is 5.95 Å². The van der Waals surface area contributed by atoms with E-state index in [4.69, 9.17) is 15.2 Å². The Morgan fingerprint density at radius 3 is 2.74 bits per heavy atom. The van der Waals surface area contributed by atoms with E-state index in [0.29, 0.717) is 36.1 Å². The molecule has 5 rings (SSSR count). The number of ether oxygens (including phenoxy) is 2. The maximum Gasteiger partial charge on any atom is 0.207 e. The zero-order valence-electron chi connectivity index (χ0n) is 22.6. The minimum absolute atomic E-state index is 0.00684. The number of aliphatic hydroxyl groups excluding tert-OH is 1. The number of fused-ring (bicyclic) bond motifs is 1. The summed E-state index contributed by atoms with van der Waals surface area (Å²) in [6, 6.07) is 16.8. The van der Waals surface area contributed by atoms with Gasteiger partial charge in [0.15, 0.2) is 17.0 Å². The highest BCUT2D eigenvalue weighted by molar-refractivity contribution is 5.84. The first kappa shape index (κ1) is 26.9. The first-order chi connectivity index (χ1) is 19.0. The largest absolute Gasteiger partial charge is 0.494 e. The van der Waals surface area contributed by atoms with E-state index >= 15 is 0 Å². The average Bonchev–Trinajstić information content (AvgIpc) is 3.57. The van der Waals surface area contributed by atoms with Crippen LogP contribution >= 0.6 is 0 Å². The molecule has 10 heteroatoms. The van der Waals surface area contributed by atoms with E-state index in [1.54, 1.807) is 0 Å². The van der Waals surface area contributed by atoms with Crippen molar-refractivity contribution in [2.75, 3.05) is 51.4 Å². The lowest BCUT2D eigenvalue weighted by atomic mass is 10.0.